The van der Waals surface area contributed by atoms with E-state index in [1.165, 1.54) is 6.33 Å². The molecule has 8 nitrogen and oxygen atoms in total. The first-order chi connectivity index (χ1) is 13.7. The minimum Gasteiger partial charge on any atom is -0.334 e. The third-order valence-corrected chi connectivity index (χ3v) is 4.25. The van der Waals surface area contributed by atoms with E-state index in [1.54, 1.807) is 30.0 Å². The van der Waals surface area contributed by atoms with Crippen LogP contribution in [0.3, 0.4) is 0 Å². The average molecular weight is 374 g/mol. The summed E-state index contributed by atoms with van der Waals surface area (Å²) in [7, 11) is 0. The lowest BCUT2D eigenvalue weighted by Crippen LogP contribution is -2.13. The highest BCUT2D eigenvalue weighted by Gasteiger charge is 2.17. The maximum atomic E-state index is 12.6. The van der Waals surface area contributed by atoms with Gasteiger partial charge in [0, 0.05) is 18.1 Å². The van der Waals surface area contributed by atoms with Crippen molar-refractivity contribution < 1.29 is 9.32 Å². The molecule has 8 heteroatoms. The van der Waals surface area contributed by atoms with Crippen molar-refractivity contribution in [2.24, 2.45) is 0 Å². The molecule has 0 aliphatic rings. The molecule has 0 aliphatic heterocycles. The van der Waals surface area contributed by atoms with Crippen molar-refractivity contribution in [3.8, 4) is 17.3 Å². The molecule has 0 saturated heterocycles. The van der Waals surface area contributed by atoms with Crippen molar-refractivity contribution in [3.05, 3.63) is 72.2 Å². The van der Waals surface area contributed by atoms with Gasteiger partial charge in [-0.15, -0.1) is 0 Å². The zero-order chi connectivity index (χ0) is 19.5. The number of imidazole rings is 1. The van der Waals surface area contributed by atoms with Gasteiger partial charge >= 0.3 is 0 Å². The fourth-order valence-corrected chi connectivity index (χ4v) is 2.87. The molecule has 1 aromatic carbocycles. The predicted molar refractivity (Wildman–Crippen MR) is 103 cm³/mol. The number of benzene rings is 1. The summed E-state index contributed by atoms with van der Waals surface area (Å²) < 4.78 is 6.92. The Labute approximate surface area is 161 Å². The Morgan fingerprint density at radius 3 is 2.82 bits per heavy atom. The van der Waals surface area contributed by atoms with Crippen molar-refractivity contribution in [1.29, 1.82) is 0 Å². The molecule has 4 rings (SSSR count). The van der Waals surface area contributed by atoms with Crippen molar-refractivity contribution in [3.63, 3.8) is 0 Å². The SMILES string of the molecule is CCc1ccccc1NC(=O)c1cn(-c2ncccc2-c2nc(C)no2)cn1. The third-order valence-electron chi connectivity index (χ3n) is 4.25. The summed E-state index contributed by atoms with van der Waals surface area (Å²) >= 11 is 0. The lowest BCUT2D eigenvalue weighted by Gasteiger charge is -2.08. The van der Waals surface area contributed by atoms with E-state index < -0.39 is 0 Å². The minimum absolute atomic E-state index is 0.282. The molecule has 0 saturated carbocycles. The molecule has 3 heterocycles. The highest BCUT2D eigenvalue weighted by molar-refractivity contribution is 6.03. The van der Waals surface area contributed by atoms with Crippen molar-refractivity contribution in [2.75, 3.05) is 5.32 Å². The molecule has 0 spiro atoms. The van der Waals surface area contributed by atoms with Crippen molar-refractivity contribution in [2.45, 2.75) is 20.3 Å². The van der Waals surface area contributed by atoms with Gasteiger partial charge < -0.3 is 9.84 Å². The van der Waals surface area contributed by atoms with E-state index in [-0.39, 0.29) is 11.6 Å². The van der Waals surface area contributed by atoms with Crippen molar-refractivity contribution >= 4 is 11.6 Å². The first-order valence-electron chi connectivity index (χ1n) is 8.85. The first-order valence-corrected chi connectivity index (χ1v) is 8.85. The second-order valence-electron chi connectivity index (χ2n) is 6.15. The third kappa shape index (κ3) is 3.39. The molecule has 0 radical (unpaired) electrons. The number of pyridine rings is 1. The molecule has 4 aromatic rings. The van der Waals surface area contributed by atoms with E-state index in [2.05, 4.69) is 25.4 Å². The van der Waals surface area contributed by atoms with E-state index in [1.807, 2.05) is 37.3 Å². The zero-order valence-corrected chi connectivity index (χ0v) is 15.5. The summed E-state index contributed by atoms with van der Waals surface area (Å²) in [5.74, 6) is 1.15. The van der Waals surface area contributed by atoms with Gasteiger partial charge in [0.1, 0.15) is 12.0 Å². The standard InChI is InChI=1S/C20H18N6O2/c1-3-14-7-4-5-9-16(14)24-19(27)17-11-26(12-22-17)18-15(8-6-10-21-18)20-23-13(2)25-28-20/h4-12H,3H2,1-2H3,(H,24,27). The fraction of sp³-hybridized carbons (Fsp3) is 0.150. The summed E-state index contributed by atoms with van der Waals surface area (Å²) in [5, 5.41) is 6.74. The Hall–Kier alpha value is -3.81. The Balaban J connectivity index is 1.63. The molecule has 1 amide bonds. The summed E-state index contributed by atoms with van der Waals surface area (Å²) in [6, 6.07) is 11.3. The molecule has 0 aliphatic carbocycles. The van der Waals surface area contributed by atoms with Gasteiger partial charge in [-0.05, 0) is 37.1 Å². The van der Waals surface area contributed by atoms with Gasteiger partial charge in [-0.2, -0.15) is 4.98 Å². The average Bonchev–Trinajstić information content (AvgIpc) is 3.38. The van der Waals surface area contributed by atoms with Crippen LogP contribution < -0.4 is 5.32 Å². The second kappa shape index (κ2) is 7.43. The van der Waals surface area contributed by atoms with Gasteiger partial charge in [0.05, 0.1) is 5.56 Å². The van der Waals surface area contributed by atoms with Crippen LogP contribution in [0.2, 0.25) is 0 Å². The lowest BCUT2D eigenvalue weighted by atomic mass is 10.1. The van der Waals surface area contributed by atoms with Crippen LogP contribution in [0.25, 0.3) is 17.3 Å². The van der Waals surface area contributed by atoms with E-state index in [0.717, 1.165) is 17.7 Å². The number of nitrogens with one attached hydrogen (secondary N) is 1. The maximum Gasteiger partial charge on any atom is 0.275 e. The van der Waals surface area contributed by atoms with Gasteiger partial charge in [0.25, 0.3) is 11.8 Å². The Morgan fingerprint density at radius 2 is 2.04 bits per heavy atom. The number of aromatic nitrogens is 5. The normalized spacial score (nSPS) is 10.8. The largest absolute Gasteiger partial charge is 0.334 e. The van der Waals surface area contributed by atoms with Crippen LogP contribution >= 0.6 is 0 Å². The molecular formula is C20H18N6O2. The van der Waals surface area contributed by atoms with Crippen LogP contribution in [-0.4, -0.2) is 30.6 Å². The minimum atomic E-state index is -0.286. The molecule has 0 atom stereocenters. The molecule has 1 N–H and O–H groups in total. The maximum absolute atomic E-state index is 12.6. The summed E-state index contributed by atoms with van der Waals surface area (Å²) in [4.78, 5) is 25.5. The van der Waals surface area contributed by atoms with Crippen LogP contribution in [0.4, 0.5) is 5.69 Å². The number of rotatable bonds is 5. The molecule has 0 fully saturated rings. The van der Waals surface area contributed by atoms with E-state index in [4.69, 9.17) is 4.52 Å². The summed E-state index contributed by atoms with van der Waals surface area (Å²) in [6.45, 7) is 3.79. The highest BCUT2D eigenvalue weighted by Crippen LogP contribution is 2.23. The number of carbonyl (C=O) groups is 1. The molecule has 28 heavy (non-hydrogen) atoms. The fourth-order valence-electron chi connectivity index (χ4n) is 2.87. The van der Waals surface area contributed by atoms with Crippen molar-refractivity contribution in [1.82, 2.24) is 24.7 Å². The highest BCUT2D eigenvalue weighted by atomic mass is 16.5. The Bertz CT molecular complexity index is 1130. The van der Waals surface area contributed by atoms with Gasteiger partial charge in [-0.3, -0.25) is 9.36 Å². The monoisotopic (exact) mass is 374 g/mol. The Morgan fingerprint density at radius 1 is 1.18 bits per heavy atom. The first kappa shape index (κ1) is 17.6. The molecule has 0 bridgehead atoms. The van der Waals surface area contributed by atoms with Gasteiger partial charge in [0.15, 0.2) is 11.6 Å². The zero-order valence-electron chi connectivity index (χ0n) is 15.5. The number of nitrogens with zero attached hydrogens (tertiary/aromatic N) is 5. The number of hydrogen-bond acceptors (Lipinski definition) is 6. The second-order valence-corrected chi connectivity index (χ2v) is 6.15. The molecule has 3 aromatic heterocycles. The molecule has 140 valence electrons. The van der Waals surface area contributed by atoms with Crippen LogP contribution in [-0.2, 0) is 6.42 Å². The lowest BCUT2D eigenvalue weighted by molar-refractivity contribution is 0.102. The van der Waals surface area contributed by atoms with E-state index >= 15 is 0 Å². The molecule has 0 unspecified atom stereocenters. The number of anilines is 1. The smallest absolute Gasteiger partial charge is 0.275 e. The van der Waals surface area contributed by atoms with Crippen LogP contribution in [0, 0.1) is 6.92 Å². The van der Waals surface area contributed by atoms with Gasteiger partial charge in [-0.1, -0.05) is 30.3 Å². The van der Waals surface area contributed by atoms with Crippen LogP contribution in [0.1, 0.15) is 28.8 Å². The van der Waals surface area contributed by atoms with E-state index in [9.17, 15) is 4.79 Å². The van der Waals surface area contributed by atoms with Gasteiger partial charge in [-0.25, -0.2) is 9.97 Å². The van der Waals surface area contributed by atoms with E-state index in [0.29, 0.717) is 23.1 Å². The number of amides is 1. The number of carbonyl (C=O) groups excluding carboxylic acids is 1. The molecular weight excluding hydrogens is 356 g/mol. The quantitative estimate of drug-likeness (QED) is 0.574. The van der Waals surface area contributed by atoms with Crippen LogP contribution in [0.5, 0.6) is 0 Å². The predicted octanol–water partition coefficient (Wildman–Crippen LogP) is 3.44. The number of hydrogen-bond donors (Lipinski definition) is 1. The summed E-state index contributed by atoms with van der Waals surface area (Å²) in [5.41, 5.74) is 2.78. The van der Waals surface area contributed by atoms with Crippen LogP contribution in [0.15, 0.2) is 59.6 Å². The topological polar surface area (TPSA) is 98.7 Å². The number of aryl methyl sites for hydroxylation is 2. The summed E-state index contributed by atoms with van der Waals surface area (Å²) in [6.07, 6.45) is 5.64. The number of para-hydroxylation sites is 1. The van der Waals surface area contributed by atoms with Gasteiger partial charge in [0.2, 0.25) is 0 Å². The Kier molecular flexibility index (Phi) is 4.67.